The lowest BCUT2D eigenvalue weighted by molar-refractivity contribution is 0.181. The van der Waals surface area contributed by atoms with E-state index in [-0.39, 0.29) is 0 Å². The van der Waals surface area contributed by atoms with E-state index in [9.17, 15) is 8.42 Å². The molecule has 2 aromatic carbocycles. The molecule has 1 heterocycles. The van der Waals surface area contributed by atoms with Gasteiger partial charge in [0.05, 0.1) is 12.0 Å². The molecule has 0 amide bonds. The van der Waals surface area contributed by atoms with Gasteiger partial charge >= 0.3 is 0 Å². The molecular weight excluding hydrogens is 348 g/mol. The average Bonchev–Trinajstić information content (AvgIpc) is 2.64. The summed E-state index contributed by atoms with van der Waals surface area (Å²) in [5, 5.41) is 0. The summed E-state index contributed by atoms with van der Waals surface area (Å²) < 4.78 is 32.7. The van der Waals surface area contributed by atoms with Crippen molar-refractivity contribution in [2.75, 3.05) is 33.3 Å². The molecule has 0 aromatic heterocycles. The zero-order valence-corrected chi connectivity index (χ0v) is 16.4. The van der Waals surface area contributed by atoms with Crippen LogP contribution < -0.4 is 4.74 Å². The Balaban J connectivity index is 1.67. The van der Waals surface area contributed by atoms with Crippen molar-refractivity contribution in [1.29, 1.82) is 0 Å². The molecule has 26 heavy (non-hydrogen) atoms. The van der Waals surface area contributed by atoms with Crippen molar-refractivity contribution in [3.8, 4) is 5.75 Å². The molecule has 3 rings (SSSR count). The summed E-state index contributed by atoms with van der Waals surface area (Å²) in [6, 6.07) is 13.4. The minimum atomic E-state index is -3.46. The first-order valence-corrected chi connectivity index (χ1v) is 10.3. The van der Waals surface area contributed by atoms with E-state index in [4.69, 9.17) is 4.74 Å². The molecule has 0 atom stereocenters. The smallest absolute Gasteiger partial charge is 0.243 e. The van der Waals surface area contributed by atoms with E-state index in [1.165, 1.54) is 11.1 Å². The summed E-state index contributed by atoms with van der Waals surface area (Å²) in [4.78, 5) is 2.65. The monoisotopic (exact) mass is 374 g/mol. The van der Waals surface area contributed by atoms with E-state index >= 15 is 0 Å². The molecule has 0 N–H and O–H groups in total. The number of rotatable bonds is 5. The second kappa shape index (κ2) is 7.78. The van der Waals surface area contributed by atoms with Gasteiger partial charge in [0.25, 0.3) is 0 Å². The van der Waals surface area contributed by atoms with Gasteiger partial charge in [-0.05, 0) is 48.7 Å². The molecule has 0 aliphatic carbocycles. The first-order valence-electron chi connectivity index (χ1n) is 8.83. The van der Waals surface area contributed by atoms with Crippen LogP contribution in [-0.2, 0) is 16.6 Å². The molecule has 0 radical (unpaired) electrons. The van der Waals surface area contributed by atoms with Crippen LogP contribution in [0.2, 0.25) is 0 Å². The molecule has 6 heteroatoms. The Hall–Kier alpha value is -1.89. The van der Waals surface area contributed by atoms with E-state index in [1.807, 2.05) is 13.0 Å². The highest BCUT2D eigenvalue weighted by Crippen LogP contribution is 2.24. The highest BCUT2D eigenvalue weighted by atomic mass is 32.2. The van der Waals surface area contributed by atoms with Crippen LogP contribution >= 0.6 is 0 Å². The zero-order valence-electron chi connectivity index (χ0n) is 15.6. The molecule has 1 saturated heterocycles. The number of hydrogen-bond donors (Lipinski definition) is 0. The summed E-state index contributed by atoms with van der Waals surface area (Å²) in [6.07, 6.45) is 0. The SMILES string of the molecule is COc1ccc(S(=O)(=O)N2CCN(Cc3ccccc3C)CC2)cc1C. The third kappa shape index (κ3) is 3.92. The molecular formula is C20H26N2O3S. The number of aryl methyl sites for hydroxylation is 2. The molecule has 0 spiro atoms. The van der Waals surface area contributed by atoms with Crippen molar-refractivity contribution in [3.63, 3.8) is 0 Å². The number of sulfonamides is 1. The van der Waals surface area contributed by atoms with Gasteiger partial charge < -0.3 is 4.74 Å². The van der Waals surface area contributed by atoms with E-state index in [0.717, 1.165) is 25.2 Å². The highest BCUT2D eigenvalue weighted by molar-refractivity contribution is 7.89. The molecule has 0 unspecified atom stereocenters. The van der Waals surface area contributed by atoms with Gasteiger partial charge in [0.2, 0.25) is 10.0 Å². The normalized spacial score (nSPS) is 16.6. The fourth-order valence-corrected chi connectivity index (χ4v) is 4.82. The minimum absolute atomic E-state index is 0.336. The van der Waals surface area contributed by atoms with Gasteiger partial charge in [-0.25, -0.2) is 8.42 Å². The summed E-state index contributed by atoms with van der Waals surface area (Å²) in [5.41, 5.74) is 3.40. The van der Waals surface area contributed by atoms with Gasteiger partial charge in [-0.1, -0.05) is 24.3 Å². The second-order valence-electron chi connectivity index (χ2n) is 6.74. The third-order valence-electron chi connectivity index (χ3n) is 4.99. The van der Waals surface area contributed by atoms with Gasteiger partial charge in [-0.2, -0.15) is 4.31 Å². The molecule has 1 aliphatic heterocycles. The maximum Gasteiger partial charge on any atom is 0.243 e. The van der Waals surface area contributed by atoms with Crippen LogP contribution in [0.5, 0.6) is 5.75 Å². The van der Waals surface area contributed by atoms with Gasteiger partial charge in [0.15, 0.2) is 0 Å². The van der Waals surface area contributed by atoms with Crippen LogP contribution in [-0.4, -0.2) is 50.9 Å². The standard InChI is InChI=1S/C20H26N2O3S/c1-16-6-4-5-7-18(16)15-21-10-12-22(13-11-21)26(23,24)19-8-9-20(25-3)17(2)14-19/h4-9,14H,10-13,15H2,1-3H3. The number of piperazine rings is 1. The van der Waals surface area contributed by atoms with Crippen molar-refractivity contribution in [1.82, 2.24) is 9.21 Å². The first kappa shape index (κ1) is 18.9. The van der Waals surface area contributed by atoms with Crippen molar-refractivity contribution in [2.45, 2.75) is 25.3 Å². The number of nitrogens with zero attached hydrogens (tertiary/aromatic N) is 2. The summed E-state index contributed by atoms with van der Waals surface area (Å²) in [5.74, 6) is 0.701. The van der Waals surface area contributed by atoms with Gasteiger partial charge in [-0.15, -0.1) is 0 Å². The number of hydrogen-bond acceptors (Lipinski definition) is 4. The molecule has 0 saturated carbocycles. The van der Waals surface area contributed by atoms with E-state index in [0.29, 0.717) is 23.7 Å². The predicted octanol–water partition coefficient (Wildman–Crippen LogP) is 2.82. The van der Waals surface area contributed by atoms with Crippen molar-refractivity contribution in [3.05, 3.63) is 59.2 Å². The van der Waals surface area contributed by atoms with Gasteiger partial charge in [0.1, 0.15) is 5.75 Å². The lowest BCUT2D eigenvalue weighted by Gasteiger charge is -2.34. The summed E-state index contributed by atoms with van der Waals surface area (Å²) in [7, 11) is -1.88. The maximum absolute atomic E-state index is 12.9. The number of benzene rings is 2. The minimum Gasteiger partial charge on any atom is -0.496 e. The lowest BCUT2D eigenvalue weighted by Crippen LogP contribution is -2.48. The van der Waals surface area contributed by atoms with Gasteiger partial charge in [0, 0.05) is 32.7 Å². The lowest BCUT2D eigenvalue weighted by atomic mass is 10.1. The third-order valence-corrected chi connectivity index (χ3v) is 6.89. The van der Waals surface area contributed by atoms with Crippen LogP contribution in [0.15, 0.2) is 47.4 Å². The maximum atomic E-state index is 12.9. The Labute approximate surface area is 156 Å². The van der Waals surface area contributed by atoms with E-state index in [2.05, 4.69) is 30.0 Å². The Morgan fingerprint density at radius 2 is 1.65 bits per heavy atom. The quantitative estimate of drug-likeness (QED) is 0.808. The first-order chi connectivity index (χ1) is 12.4. The van der Waals surface area contributed by atoms with Crippen LogP contribution in [0, 0.1) is 13.8 Å². The van der Waals surface area contributed by atoms with Crippen LogP contribution in [0.3, 0.4) is 0 Å². The predicted molar refractivity (Wildman–Crippen MR) is 103 cm³/mol. The molecule has 0 bridgehead atoms. The van der Waals surface area contributed by atoms with Gasteiger partial charge in [-0.3, -0.25) is 4.90 Å². The second-order valence-corrected chi connectivity index (χ2v) is 8.68. The Kier molecular flexibility index (Phi) is 5.65. The largest absolute Gasteiger partial charge is 0.496 e. The fraction of sp³-hybridized carbons (Fsp3) is 0.400. The molecule has 5 nitrogen and oxygen atoms in total. The molecule has 1 fully saturated rings. The highest BCUT2D eigenvalue weighted by Gasteiger charge is 2.28. The van der Waals surface area contributed by atoms with Crippen LogP contribution in [0.4, 0.5) is 0 Å². The summed E-state index contributed by atoms with van der Waals surface area (Å²) >= 11 is 0. The Morgan fingerprint density at radius 3 is 2.27 bits per heavy atom. The van der Waals surface area contributed by atoms with Crippen molar-refractivity contribution in [2.24, 2.45) is 0 Å². The van der Waals surface area contributed by atoms with Crippen LogP contribution in [0.1, 0.15) is 16.7 Å². The topological polar surface area (TPSA) is 49.9 Å². The van der Waals surface area contributed by atoms with E-state index < -0.39 is 10.0 Å². The molecule has 1 aliphatic rings. The Morgan fingerprint density at radius 1 is 0.962 bits per heavy atom. The van der Waals surface area contributed by atoms with Crippen molar-refractivity contribution < 1.29 is 13.2 Å². The number of ether oxygens (including phenoxy) is 1. The van der Waals surface area contributed by atoms with Crippen molar-refractivity contribution >= 4 is 10.0 Å². The zero-order chi connectivity index (χ0) is 18.7. The van der Waals surface area contributed by atoms with E-state index in [1.54, 1.807) is 29.6 Å². The number of methoxy groups -OCH3 is 1. The Bertz CT molecular complexity index is 872. The fourth-order valence-electron chi connectivity index (χ4n) is 3.32. The molecule has 2 aromatic rings. The summed E-state index contributed by atoms with van der Waals surface area (Å²) in [6.45, 7) is 7.34. The molecule has 140 valence electrons. The van der Waals surface area contributed by atoms with Crippen LogP contribution in [0.25, 0.3) is 0 Å². The average molecular weight is 375 g/mol.